The summed E-state index contributed by atoms with van der Waals surface area (Å²) in [5.74, 6) is -0.957. The first kappa shape index (κ1) is 15.2. The first-order valence-electron chi connectivity index (χ1n) is 7.27. The van der Waals surface area contributed by atoms with Crippen LogP contribution in [0.5, 0.6) is 0 Å². The highest BCUT2D eigenvalue weighted by Crippen LogP contribution is 2.26. The van der Waals surface area contributed by atoms with Crippen LogP contribution in [0.15, 0.2) is 36.5 Å². The first-order chi connectivity index (χ1) is 11.2. The van der Waals surface area contributed by atoms with Gasteiger partial charge in [-0.15, -0.1) is 5.10 Å². The van der Waals surface area contributed by atoms with Gasteiger partial charge in [0.2, 0.25) is 10.1 Å². The predicted molar refractivity (Wildman–Crippen MR) is 91.8 cm³/mol. The zero-order chi connectivity index (χ0) is 16.2. The number of hydrogen-bond acceptors (Lipinski definition) is 5. The third-order valence-corrected chi connectivity index (χ3v) is 4.12. The van der Waals surface area contributed by atoms with Crippen molar-refractivity contribution in [2.45, 2.75) is 13.3 Å². The molecule has 0 saturated heterocycles. The SMILES string of the molecule is CCCNc1nn2c(-c3ccc(/C=C/C(=O)O)cc3)cnc2s1. The molecule has 3 aromatic rings. The number of benzene rings is 1. The van der Waals surface area contributed by atoms with E-state index in [0.29, 0.717) is 0 Å². The molecule has 0 spiro atoms. The zero-order valence-electron chi connectivity index (χ0n) is 12.6. The monoisotopic (exact) mass is 328 g/mol. The van der Waals surface area contributed by atoms with Crippen molar-refractivity contribution in [3.05, 3.63) is 42.1 Å². The van der Waals surface area contributed by atoms with Crippen molar-refractivity contribution in [3.63, 3.8) is 0 Å². The molecule has 0 amide bonds. The van der Waals surface area contributed by atoms with Gasteiger partial charge in [-0.2, -0.15) is 0 Å². The van der Waals surface area contributed by atoms with Crippen molar-refractivity contribution in [2.75, 3.05) is 11.9 Å². The molecule has 2 aromatic heterocycles. The van der Waals surface area contributed by atoms with Crippen molar-refractivity contribution in [2.24, 2.45) is 0 Å². The molecule has 0 atom stereocenters. The smallest absolute Gasteiger partial charge is 0.328 e. The molecule has 7 heteroatoms. The number of hydrogen-bond donors (Lipinski definition) is 2. The van der Waals surface area contributed by atoms with Crippen LogP contribution in [0.4, 0.5) is 5.13 Å². The van der Waals surface area contributed by atoms with Gasteiger partial charge >= 0.3 is 5.97 Å². The van der Waals surface area contributed by atoms with E-state index in [4.69, 9.17) is 5.11 Å². The standard InChI is InChI=1S/C16H16N4O2S/c1-2-9-17-15-19-20-13(10-18-16(20)23-15)12-6-3-11(4-7-12)5-8-14(21)22/h3-8,10H,2,9H2,1H3,(H,17,19)(H,21,22)/b8-5+. The third-order valence-electron chi connectivity index (χ3n) is 3.24. The number of nitrogens with zero attached hydrogens (tertiary/aromatic N) is 3. The molecule has 0 aliphatic rings. The molecular weight excluding hydrogens is 312 g/mol. The van der Waals surface area contributed by atoms with E-state index in [1.165, 1.54) is 11.3 Å². The molecule has 1 aromatic carbocycles. The quantitative estimate of drug-likeness (QED) is 0.678. The number of aromatic nitrogens is 3. The minimum Gasteiger partial charge on any atom is -0.478 e. The van der Waals surface area contributed by atoms with E-state index in [-0.39, 0.29) is 0 Å². The van der Waals surface area contributed by atoms with Crippen LogP contribution < -0.4 is 5.32 Å². The van der Waals surface area contributed by atoms with Gasteiger partial charge in [-0.1, -0.05) is 42.5 Å². The molecule has 118 valence electrons. The molecule has 0 fully saturated rings. The highest BCUT2D eigenvalue weighted by Gasteiger charge is 2.11. The van der Waals surface area contributed by atoms with Gasteiger partial charge in [0.15, 0.2) is 0 Å². The lowest BCUT2D eigenvalue weighted by molar-refractivity contribution is -0.131. The van der Waals surface area contributed by atoms with Gasteiger partial charge < -0.3 is 10.4 Å². The van der Waals surface area contributed by atoms with Crippen LogP contribution in [0, 0.1) is 0 Å². The van der Waals surface area contributed by atoms with E-state index < -0.39 is 5.97 Å². The summed E-state index contributed by atoms with van der Waals surface area (Å²) < 4.78 is 1.82. The highest BCUT2D eigenvalue weighted by molar-refractivity contribution is 7.20. The number of anilines is 1. The Labute approximate surface area is 137 Å². The Bertz CT molecular complexity index is 849. The molecular formula is C16H16N4O2S. The van der Waals surface area contributed by atoms with E-state index in [1.54, 1.807) is 12.3 Å². The maximum absolute atomic E-state index is 10.5. The van der Waals surface area contributed by atoms with Crippen molar-refractivity contribution in [3.8, 4) is 11.3 Å². The van der Waals surface area contributed by atoms with Crippen LogP contribution in [0.25, 0.3) is 22.3 Å². The largest absolute Gasteiger partial charge is 0.478 e. The van der Waals surface area contributed by atoms with E-state index in [9.17, 15) is 4.79 Å². The Morgan fingerprint density at radius 2 is 2.17 bits per heavy atom. The second kappa shape index (κ2) is 6.62. The van der Waals surface area contributed by atoms with E-state index in [2.05, 4.69) is 22.3 Å². The highest BCUT2D eigenvalue weighted by atomic mass is 32.1. The van der Waals surface area contributed by atoms with Crippen LogP contribution in [0.3, 0.4) is 0 Å². The van der Waals surface area contributed by atoms with Crippen molar-refractivity contribution < 1.29 is 9.90 Å². The molecule has 0 aliphatic carbocycles. The summed E-state index contributed by atoms with van der Waals surface area (Å²) in [5.41, 5.74) is 2.73. The number of fused-ring (bicyclic) bond motifs is 1. The number of aliphatic carboxylic acids is 1. The fourth-order valence-corrected chi connectivity index (χ4v) is 2.93. The topological polar surface area (TPSA) is 79.5 Å². The zero-order valence-corrected chi connectivity index (χ0v) is 13.4. The van der Waals surface area contributed by atoms with Gasteiger partial charge in [-0.3, -0.25) is 0 Å². The average molecular weight is 328 g/mol. The van der Waals surface area contributed by atoms with Gasteiger partial charge in [-0.25, -0.2) is 14.3 Å². The number of carboxylic acid groups (broad SMARTS) is 1. The summed E-state index contributed by atoms with van der Waals surface area (Å²) in [4.78, 5) is 15.8. The maximum Gasteiger partial charge on any atom is 0.328 e. The van der Waals surface area contributed by atoms with Gasteiger partial charge in [0.1, 0.15) is 0 Å². The lowest BCUT2D eigenvalue weighted by atomic mass is 10.1. The second-order valence-electron chi connectivity index (χ2n) is 4.97. The van der Waals surface area contributed by atoms with Crippen LogP contribution in [0.1, 0.15) is 18.9 Å². The molecule has 0 unspecified atom stereocenters. The summed E-state index contributed by atoms with van der Waals surface area (Å²) >= 11 is 1.52. The number of imidazole rings is 1. The summed E-state index contributed by atoms with van der Waals surface area (Å²) in [5, 5.41) is 17.3. The Kier molecular flexibility index (Phi) is 4.38. The first-order valence-corrected chi connectivity index (χ1v) is 8.09. The van der Waals surface area contributed by atoms with Crippen molar-refractivity contribution in [1.29, 1.82) is 0 Å². The van der Waals surface area contributed by atoms with Gasteiger partial charge in [0.25, 0.3) is 0 Å². The van der Waals surface area contributed by atoms with Crippen molar-refractivity contribution in [1.82, 2.24) is 14.6 Å². The minimum absolute atomic E-state index is 0.834. The Hall–Kier alpha value is -2.67. The summed E-state index contributed by atoms with van der Waals surface area (Å²) in [7, 11) is 0. The molecule has 0 radical (unpaired) electrons. The van der Waals surface area contributed by atoms with Crippen LogP contribution in [-0.4, -0.2) is 32.2 Å². The molecule has 6 nitrogen and oxygen atoms in total. The molecule has 0 aliphatic heterocycles. The Morgan fingerprint density at radius 3 is 2.87 bits per heavy atom. The number of rotatable bonds is 6. The summed E-state index contributed by atoms with van der Waals surface area (Å²) in [6.07, 6.45) is 5.52. The van der Waals surface area contributed by atoms with E-state index >= 15 is 0 Å². The minimum atomic E-state index is -0.957. The molecule has 0 saturated carbocycles. The Morgan fingerprint density at radius 1 is 1.39 bits per heavy atom. The second-order valence-corrected chi connectivity index (χ2v) is 5.92. The molecule has 2 heterocycles. The van der Waals surface area contributed by atoms with Crippen LogP contribution in [-0.2, 0) is 4.79 Å². The number of carbonyl (C=O) groups is 1. The molecule has 2 N–H and O–H groups in total. The third kappa shape index (κ3) is 3.40. The fourth-order valence-electron chi connectivity index (χ4n) is 2.13. The predicted octanol–water partition coefficient (Wildman–Crippen LogP) is 3.38. The summed E-state index contributed by atoms with van der Waals surface area (Å²) in [6.45, 7) is 2.99. The fraction of sp³-hybridized carbons (Fsp3) is 0.188. The Balaban J connectivity index is 1.87. The maximum atomic E-state index is 10.5. The van der Waals surface area contributed by atoms with E-state index in [0.717, 1.165) is 46.0 Å². The normalized spacial score (nSPS) is 11.3. The summed E-state index contributed by atoms with van der Waals surface area (Å²) in [6, 6.07) is 7.61. The van der Waals surface area contributed by atoms with Gasteiger partial charge in [-0.05, 0) is 18.1 Å². The lowest BCUT2D eigenvalue weighted by Crippen LogP contribution is -1.99. The lowest BCUT2D eigenvalue weighted by Gasteiger charge is -2.00. The van der Waals surface area contributed by atoms with Crippen molar-refractivity contribution >= 4 is 33.5 Å². The van der Waals surface area contributed by atoms with E-state index in [1.807, 2.05) is 28.8 Å². The number of nitrogens with one attached hydrogen (secondary N) is 1. The number of carboxylic acids is 1. The van der Waals surface area contributed by atoms with Crippen LogP contribution in [0.2, 0.25) is 0 Å². The van der Waals surface area contributed by atoms with Crippen LogP contribution >= 0.6 is 11.3 Å². The molecule has 0 bridgehead atoms. The van der Waals surface area contributed by atoms with Gasteiger partial charge in [0.05, 0.1) is 11.9 Å². The molecule has 23 heavy (non-hydrogen) atoms. The average Bonchev–Trinajstić information content (AvgIpc) is 3.11. The van der Waals surface area contributed by atoms with Gasteiger partial charge in [0, 0.05) is 18.2 Å². The molecule has 3 rings (SSSR count).